The van der Waals surface area contributed by atoms with Gasteiger partial charge in [0.05, 0.1) is 18.3 Å². The molecule has 182 valence electrons. The predicted molar refractivity (Wildman–Crippen MR) is 132 cm³/mol. The highest BCUT2D eigenvalue weighted by molar-refractivity contribution is 6.33. The zero-order valence-corrected chi connectivity index (χ0v) is 20.6. The van der Waals surface area contributed by atoms with Gasteiger partial charge in [-0.3, -0.25) is 9.69 Å². The lowest BCUT2D eigenvalue weighted by Crippen LogP contribution is -2.52. The maximum absolute atomic E-state index is 12.6. The summed E-state index contributed by atoms with van der Waals surface area (Å²) in [6, 6.07) is 6.53. The molecule has 0 aliphatic carbocycles. The van der Waals surface area contributed by atoms with Crippen molar-refractivity contribution in [1.82, 2.24) is 19.8 Å². The molecule has 1 aromatic heterocycles. The summed E-state index contributed by atoms with van der Waals surface area (Å²) in [5.74, 6) is -1.41. The van der Waals surface area contributed by atoms with Gasteiger partial charge in [0.1, 0.15) is 0 Å². The molecule has 2 aliphatic heterocycles. The number of benzene rings is 1. The molecular formula is C24H31ClN6O3. The quantitative estimate of drug-likeness (QED) is 0.645. The first-order valence-electron chi connectivity index (χ1n) is 11.6. The fourth-order valence-corrected chi connectivity index (χ4v) is 4.82. The molecule has 1 aromatic carbocycles. The number of ether oxygens (including phenoxy) is 1. The number of esters is 1. The van der Waals surface area contributed by atoms with Gasteiger partial charge in [-0.2, -0.15) is 0 Å². The largest absolute Gasteiger partial charge is 0.464 e. The van der Waals surface area contributed by atoms with E-state index in [0.29, 0.717) is 11.7 Å². The predicted octanol–water partition coefficient (Wildman–Crippen LogP) is 2.69. The summed E-state index contributed by atoms with van der Waals surface area (Å²) in [7, 11) is 3.41. The number of anilines is 2. The third-order valence-corrected chi connectivity index (χ3v) is 6.92. The Balaban J connectivity index is 1.37. The second kappa shape index (κ2) is 10.7. The van der Waals surface area contributed by atoms with Crippen LogP contribution in [0.1, 0.15) is 39.5 Å². The molecule has 34 heavy (non-hydrogen) atoms. The number of rotatable bonds is 5. The number of halogens is 1. The number of piperidine rings is 1. The van der Waals surface area contributed by atoms with Crippen LogP contribution in [0.4, 0.5) is 11.4 Å². The van der Waals surface area contributed by atoms with E-state index >= 15 is 0 Å². The SMILES string of the molecule is COC(=O)c1nc(C(=O)Nc2ccc(N3CCC(N4CCN(C)CC4)CC3)c(C)c2)ncc1Cl. The molecule has 2 aliphatic rings. The average molecular weight is 487 g/mol. The van der Waals surface area contributed by atoms with Crippen molar-refractivity contribution in [2.75, 3.05) is 63.6 Å². The summed E-state index contributed by atoms with van der Waals surface area (Å²) in [6.07, 6.45) is 3.55. The number of piperazine rings is 1. The molecule has 1 amide bonds. The van der Waals surface area contributed by atoms with E-state index in [-0.39, 0.29) is 16.5 Å². The molecule has 0 saturated carbocycles. The first kappa shape index (κ1) is 24.4. The van der Waals surface area contributed by atoms with E-state index in [1.807, 2.05) is 25.1 Å². The number of likely N-dealkylation sites (N-methyl/N-ethyl adjacent to an activating group) is 1. The van der Waals surface area contributed by atoms with E-state index in [1.165, 1.54) is 19.0 Å². The van der Waals surface area contributed by atoms with Crippen LogP contribution in [0.2, 0.25) is 5.02 Å². The third-order valence-electron chi connectivity index (χ3n) is 6.64. The van der Waals surface area contributed by atoms with Crippen molar-refractivity contribution in [3.05, 3.63) is 46.5 Å². The zero-order chi connectivity index (χ0) is 24.2. The Morgan fingerprint density at radius 3 is 2.47 bits per heavy atom. The van der Waals surface area contributed by atoms with Gasteiger partial charge in [-0.1, -0.05) is 11.6 Å². The second-order valence-corrected chi connectivity index (χ2v) is 9.30. The Kier molecular flexibility index (Phi) is 7.65. The highest BCUT2D eigenvalue weighted by Gasteiger charge is 2.27. The second-order valence-electron chi connectivity index (χ2n) is 8.89. The third kappa shape index (κ3) is 5.48. The van der Waals surface area contributed by atoms with Crippen LogP contribution in [-0.2, 0) is 4.74 Å². The van der Waals surface area contributed by atoms with Crippen molar-refractivity contribution < 1.29 is 14.3 Å². The molecular weight excluding hydrogens is 456 g/mol. The first-order chi connectivity index (χ1) is 16.4. The van der Waals surface area contributed by atoms with Crippen LogP contribution in [0.15, 0.2) is 24.4 Å². The van der Waals surface area contributed by atoms with E-state index < -0.39 is 11.9 Å². The van der Waals surface area contributed by atoms with E-state index in [9.17, 15) is 9.59 Å². The van der Waals surface area contributed by atoms with Crippen molar-refractivity contribution in [3.8, 4) is 0 Å². The summed E-state index contributed by atoms with van der Waals surface area (Å²) in [5, 5.41) is 2.83. The van der Waals surface area contributed by atoms with E-state index in [1.54, 1.807) is 0 Å². The maximum atomic E-state index is 12.6. The molecule has 0 unspecified atom stereocenters. The number of nitrogens with zero attached hydrogens (tertiary/aromatic N) is 5. The number of carbonyl (C=O) groups excluding carboxylic acids is 2. The summed E-state index contributed by atoms with van der Waals surface area (Å²) in [6.45, 7) is 8.72. The minimum Gasteiger partial charge on any atom is -0.464 e. The van der Waals surface area contributed by atoms with Crippen molar-refractivity contribution in [3.63, 3.8) is 0 Å². The Labute approximate surface area is 205 Å². The van der Waals surface area contributed by atoms with Gasteiger partial charge in [0.25, 0.3) is 5.91 Å². The van der Waals surface area contributed by atoms with Gasteiger partial charge in [0, 0.05) is 56.7 Å². The van der Waals surface area contributed by atoms with Gasteiger partial charge in [-0.25, -0.2) is 14.8 Å². The summed E-state index contributed by atoms with van der Waals surface area (Å²) in [5.41, 5.74) is 2.77. The van der Waals surface area contributed by atoms with Crippen LogP contribution in [0.5, 0.6) is 0 Å². The Morgan fingerprint density at radius 2 is 1.82 bits per heavy atom. The lowest BCUT2D eigenvalue weighted by Gasteiger charge is -2.43. The van der Waals surface area contributed by atoms with Crippen molar-refractivity contribution in [2.45, 2.75) is 25.8 Å². The molecule has 2 saturated heterocycles. The van der Waals surface area contributed by atoms with Gasteiger partial charge >= 0.3 is 5.97 Å². The maximum Gasteiger partial charge on any atom is 0.358 e. The molecule has 9 nitrogen and oxygen atoms in total. The number of aromatic nitrogens is 2. The zero-order valence-electron chi connectivity index (χ0n) is 19.9. The van der Waals surface area contributed by atoms with E-state index in [4.69, 9.17) is 11.6 Å². The van der Waals surface area contributed by atoms with Gasteiger partial charge in [-0.05, 0) is 50.6 Å². The van der Waals surface area contributed by atoms with Crippen LogP contribution in [0, 0.1) is 6.92 Å². The fourth-order valence-electron chi connectivity index (χ4n) is 4.65. The molecule has 0 radical (unpaired) electrons. The Hall–Kier alpha value is -2.75. The van der Waals surface area contributed by atoms with Crippen molar-refractivity contribution >= 4 is 34.9 Å². The normalized spacial score (nSPS) is 18.1. The molecule has 2 aromatic rings. The molecule has 2 fully saturated rings. The lowest BCUT2D eigenvalue weighted by atomic mass is 10.0. The standard InChI is InChI=1S/C24H31ClN6O3/c1-16-14-17(27-23(32)22-26-15-19(25)21(28-22)24(33)34-3)4-5-20(16)31-8-6-18(7-9-31)30-12-10-29(2)11-13-30/h4-5,14-15,18H,6-13H2,1-3H3,(H,27,32). The van der Waals surface area contributed by atoms with Crippen LogP contribution in [-0.4, -0.2) is 91.1 Å². The molecule has 0 spiro atoms. The topological polar surface area (TPSA) is 90.9 Å². The molecule has 0 bridgehead atoms. The molecule has 4 rings (SSSR count). The van der Waals surface area contributed by atoms with Gasteiger partial charge in [0.15, 0.2) is 5.69 Å². The number of hydrogen-bond acceptors (Lipinski definition) is 8. The first-order valence-corrected chi connectivity index (χ1v) is 11.9. The fraction of sp³-hybridized carbons (Fsp3) is 0.500. The Bertz CT molecular complexity index is 1050. The number of nitrogens with one attached hydrogen (secondary N) is 1. The number of carbonyl (C=O) groups is 2. The Morgan fingerprint density at radius 1 is 1.12 bits per heavy atom. The number of aryl methyl sites for hydroxylation is 1. The molecule has 3 heterocycles. The smallest absolute Gasteiger partial charge is 0.358 e. The van der Waals surface area contributed by atoms with Crippen LogP contribution in [0.25, 0.3) is 0 Å². The highest BCUT2D eigenvalue weighted by Crippen LogP contribution is 2.28. The van der Waals surface area contributed by atoms with Crippen molar-refractivity contribution in [1.29, 1.82) is 0 Å². The number of hydrogen-bond donors (Lipinski definition) is 1. The van der Waals surface area contributed by atoms with Crippen LogP contribution >= 0.6 is 11.6 Å². The minimum atomic E-state index is -0.724. The number of methoxy groups -OCH3 is 1. The summed E-state index contributed by atoms with van der Waals surface area (Å²) < 4.78 is 4.65. The van der Waals surface area contributed by atoms with Gasteiger partial charge in [-0.15, -0.1) is 0 Å². The van der Waals surface area contributed by atoms with Crippen LogP contribution in [0.3, 0.4) is 0 Å². The van der Waals surface area contributed by atoms with E-state index in [2.05, 4.69) is 41.8 Å². The molecule has 1 N–H and O–H groups in total. The highest BCUT2D eigenvalue weighted by atomic mass is 35.5. The summed E-state index contributed by atoms with van der Waals surface area (Å²) >= 11 is 5.94. The van der Waals surface area contributed by atoms with Gasteiger partial charge < -0.3 is 19.9 Å². The molecule has 10 heteroatoms. The minimum absolute atomic E-state index is 0.0278. The lowest BCUT2D eigenvalue weighted by molar-refractivity contribution is 0.0594. The monoisotopic (exact) mass is 486 g/mol. The summed E-state index contributed by atoms with van der Waals surface area (Å²) in [4.78, 5) is 39.8. The average Bonchev–Trinajstić information content (AvgIpc) is 2.84. The van der Waals surface area contributed by atoms with E-state index in [0.717, 1.165) is 57.7 Å². The van der Waals surface area contributed by atoms with Crippen LogP contribution < -0.4 is 10.2 Å². The van der Waals surface area contributed by atoms with Crippen molar-refractivity contribution in [2.24, 2.45) is 0 Å². The van der Waals surface area contributed by atoms with Gasteiger partial charge in [0.2, 0.25) is 5.82 Å². The molecule has 0 atom stereocenters. The number of amides is 1.